The van der Waals surface area contributed by atoms with Gasteiger partial charge in [0.1, 0.15) is 0 Å². The van der Waals surface area contributed by atoms with Crippen LogP contribution in [0, 0.1) is 6.92 Å². The van der Waals surface area contributed by atoms with Gasteiger partial charge in [0.25, 0.3) is 5.12 Å². The number of fused-ring (bicyclic) bond motifs is 1. The SMILES string of the molecule is COC1(Sc2ccc(C)cc2)OC(=O)c2ccccc21. The first kappa shape index (κ1) is 13.2. The van der Waals surface area contributed by atoms with Gasteiger partial charge in [0.05, 0.1) is 5.56 Å². The van der Waals surface area contributed by atoms with E-state index in [-0.39, 0.29) is 5.97 Å². The normalized spacial score (nSPS) is 20.6. The molecule has 0 amide bonds. The van der Waals surface area contributed by atoms with Gasteiger partial charge in [-0.2, -0.15) is 0 Å². The molecule has 1 aliphatic rings. The number of aryl methyl sites for hydroxylation is 1. The van der Waals surface area contributed by atoms with E-state index in [9.17, 15) is 4.79 Å². The lowest BCUT2D eigenvalue weighted by Crippen LogP contribution is -2.24. The van der Waals surface area contributed by atoms with Crippen molar-refractivity contribution in [1.29, 1.82) is 0 Å². The summed E-state index contributed by atoms with van der Waals surface area (Å²) in [5.74, 6) is -0.345. The van der Waals surface area contributed by atoms with Crippen LogP contribution in [-0.2, 0) is 14.6 Å². The predicted molar refractivity (Wildman–Crippen MR) is 77.6 cm³/mol. The van der Waals surface area contributed by atoms with E-state index >= 15 is 0 Å². The third-order valence-electron chi connectivity index (χ3n) is 3.25. The number of thioether (sulfide) groups is 1. The minimum absolute atomic E-state index is 0.345. The van der Waals surface area contributed by atoms with Crippen LogP contribution in [0.4, 0.5) is 0 Å². The molecule has 2 aromatic carbocycles. The molecule has 1 heterocycles. The molecule has 3 rings (SSSR count). The quantitative estimate of drug-likeness (QED) is 0.636. The number of ether oxygens (including phenoxy) is 2. The van der Waals surface area contributed by atoms with Gasteiger partial charge in [-0.3, -0.25) is 0 Å². The third-order valence-corrected chi connectivity index (χ3v) is 4.49. The highest BCUT2D eigenvalue weighted by Gasteiger charge is 2.47. The highest BCUT2D eigenvalue weighted by Crippen LogP contribution is 2.48. The number of methoxy groups -OCH3 is 1. The fourth-order valence-corrected chi connectivity index (χ4v) is 3.26. The lowest BCUT2D eigenvalue weighted by atomic mass is 10.1. The Kier molecular flexibility index (Phi) is 3.28. The van der Waals surface area contributed by atoms with Crippen LogP contribution in [-0.4, -0.2) is 13.1 Å². The van der Waals surface area contributed by atoms with Crippen LogP contribution in [0.5, 0.6) is 0 Å². The van der Waals surface area contributed by atoms with Gasteiger partial charge < -0.3 is 9.47 Å². The monoisotopic (exact) mass is 286 g/mol. The smallest absolute Gasteiger partial charge is 0.342 e. The fraction of sp³-hybridized carbons (Fsp3) is 0.188. The second-order valence-electron chi connectivity index (χ2n) is 4.61. The van der Waals surface area contributed by atoms with Crippen molar-refractivity contribution >= 4 is 17.7 Å². The molecule has 20 heavy (non-hydrogen) atoms. The molecule has 0 fully saturated rings. The van der Waals surface area contributed by atoms with Gasteiger partial charge in [-0.15, -0.1) is 0 Å². The molecule has 4 heteroatoms. The maximum atomic E-state index is 12.0. The van der Waals surface area contributed by atoms with E-state index in [1.54, 1.807) is 13.2 Å². The summed E-state index contributed by atoms with van der Waals surface area (Å²) in [5.41, 5.74) is 2.51. The first-order valence-electron chi connectivity index (χ1n) is 6.28. The van der Waals surface area contributed by atoms with Crippen molar-refractivity contribution in [3.05, 3.63) is 65.2 Å². The lowest BCUT2D eigenvalue weighted by molar-refractivity contribution is -0.113. The molecule has 0 aliphatic carbocycles. The summed E-state index contributed by atoms with van der Waals surface area (Å²) in [4.78, 5) is 13.0. The van der Waals surface area contributed by atoms with Gasteiger partial charge in [0.2, 0.25) is 0 Å². The fourth-order valence-electron chi connectivity index (χ4n) is 2.19. The zero-order chi connectivity index (χ0) is 14.2. The number of carbonyl (C=O) groups excluding carboxylic acids is 1. The zero-order valence-electron chi connectivity index (χ0n) is 11.3. The number of benzene rings is 2. The van der Waals surface area contributed by atoms with Gasteiger partial charge in [-0.05, 0) is 36.9 Å². The molecule has 0 N–H and O–H groups in total. The molecule has 1 aliphatic heterocycles. The van der Waals surface area contributed by atoms with Gasteiger partial charge in [-0.1, -0.05) is 35.9 Å². The van der Waals surface area contributed by atoms with E-state index in [2.05, 4.69) is 0 Å². The number of rotatable bonds is 3. The van der Waals surface area contributed by atoms with Crippen LogP contribution in [0.1, 0.15) is 21.5 Å². The first-order valence-corrected chi connectivity index (χ1v) is 7.10. The third kappa shape index (κ3) is 2.11. The number of esters is 1. The first-order chi connectivity index (χ1) is 9.64. The molecule has 0 saturated heterocycles. The highest BCUT2D eigenvalue weighted by molar-refractivity contribution is 8.00. The Balaban J connectivity index is 2.01. The van der Waals surface area contributed by atoms with Crippen molar-refractivity contribution in [1.82, 2.24) is 0 Å². The Morgan fingerprint density at radius 1 is 1.10 bits per heavy atom. The Morgan fingerprint density at radius 2 is 1.80 bits per heavy atom. The zero-order valence-corrected chi connectivity index (χ0v) is 12.1. The Morgan fingerprint density at radius 3 is 2.50 bits per heavy atom. The standard InChI is InChI=1S/C16H14O3S/c1-11-7-9-12(10-8-11)20-16(18-2)14-6-4-3-5-13(14)15(17)19-16/h3-10H,1-2H3. The predicted octanol–water partition coefficient (Wildman–Crippen LogP) is 3.71. The van der Waals surface area contributed by atoms with Crippen molar-refractivity contribution in [3.63, 3.8) is 0 Å². The molecule has 0 spiro atoms. The van der Waals surface area contributed by atoms with Crippen molar-refractivity contribution in [2.75, 3.05) is 7.11 Å². The van der Waals surface area contributed by atoms with Gasteiger partial charge in [0, 0.05) is 17.6 Å². The molecule has 0 saturated carbocycles. The van der Waals surface area contributed by atoms with E-state index < -0.39 is 5.12 Å². The second kappa shape index (κ2) is 4.96. The van der Waals surface area contributed by atoms with Crippen molar-refractivity contribution in [2.45, 2.75) is 16.9 Å². The molecule has 0 radical (unpaired) electrons. The van der Waals surface area contributed by atoms with Crippen LogP contribution < -0.4 is 0 Å². The summed E-state index contributed by atoms with van der Waals surface area (Å²) in [6, 6.07) is 15.4. The molecule has 0 aromatic heterocycles. The summed E-state index contributed by atoms with van der Waals surface area (Å²) in [5, 5.41) is -1.09. The lowest BCUT2D eigenvalue weighted by Gasteiger charge is -2.26. The summed E-state index contributed by atoms with van der Waals surface area (Å²) in [6.07, 6.45) is 0. The Labute approximate surface area is 121 Å². The maximum absolute atomic E-state index is 12.0. The Hall–Kier alpha value is -1.78. The maximum Gasteiger partial charge on any atom is 0.342 e. The van der Waals surface area contributed by atoms with E-state index in [0.29, 0.717) is 5.56 Å². The number of carbonyl (C=O) groups is 1. The molecule has 1 atom stereocenters. The van der Waals surface area contributed by atoms with Crippen LogP contribution in [0.2, 0.25) is 0 Å². The van der Waals surface area contributed by atoms with Crippen molar-refractivity contribution < 1.29 is 14.3 Å². The molecular weight excluding hydrogens is 272 g/mol. The highest BCUT2D eigenvalue weighted by atomic mass is 32.2. The summed E-state index contributed by atoms with van der Waals surface area (Å²) < 4.78 is 11.1. The van der Waals surface area contributed by atoms with E-state index in [1.807, 2.05) is 49.4 Å². The molecule has 1 unspecified atom stereocenters. The summed E-state index contributed by atoms with van der Waals surface area (Å²) >= 11 is 1.39. The largest absolute Gasteiger partial charge is 0.414 e. The molecule has 2 aromatic rings. The molecule has 0 bridgehead atoms. The number of hydrogen-bond donors (Lipinski definition) is 0. The number of hydrogen-bond acceptors (Lipinski definition) is 4. The van der Waals surface area contributed by atoms with Gasteiger partial charge in [-0.25, -0.2) is 4.79 Å². The number of cyclic esters (lactones) is 1. The molecule has 102 valence electrons. The van der Waals surface area contributed by atoms with Crippen molar-refractivity contribution in [3.8, 4) is 0 Å². The van der Waals surface area contributed by atoms with Crippen molar-refractivity contribution in [2.24, 2.45) is 0 Å². The summed E-state index contributed by atoms with van der Waals surface area (Å²) in [7, 11) is 1.55. The van der Waals surface area contributed by atoms with E-state index in [4.69, 9.17) is 9.47 Å². The Bertz CT molecular complexity index is 651. The summed E-state index contributed by atoms with van der Waals surface area (Å²) in [6.45, 7) is 2.03. The van der Waals surface area contributed by atoms with Crippen LogP contribution >= 0.6 is 11.8 Å². The van der Waals surface area contributed by atoms with E-state index in [1.165, 1.54) is 17.3 Å². The minimum atomic E-state index is -1.09. The van der Waals surface area contributed by atoms with Crippen LogP contribution in [0.15, 0.2) is 53.4 Å². The van der Waals surface area contributed by atoms with Crippen LogP contribution in [0.3, 0.4) is 0 Å². The second-order valence-corrected chi connectivity index (χ2v) is 5.82. The topological polar surface area (TPSA) is 35.5 Å². The average Bonchev–Trinajstić information content (AvgIpc) is 2.76. The van der Waals surface area contributed by atoms with Gasteiger partial charge in [0.15, 0.2) is 0 Å². The van der Waals surface area contributed by atoms with Crippen LogP contribution in [0.25, 0.3) is 0 Å². The van der Waals surface area contributed by atoms with E-state index in [0.717, 1.165) is 10.5 Å². The molecule has 3 nitrogen and oxygen atoms in total. The average molecular weight is 286 g/mol. The minimum Gasteiger partial charge on any atom is -0.414 e. The molecular formula is C16H14O3S. The van der Waals surface area contributed by atoms with Gasteiger partial charge >= 0.3 is 5.97 Å².